The summed E-state index contributed by atoms with van der Waals surface area (Å²) in [5.74, 6) is 1.77. The van der Waals surface area contributed by atoms with Crippen molar-refractivity contribution in [2.75, 3.05) is 45.3 Å². The van der Waals surface area contributed by atoms with E-state index in [0.29, 0.717) is 6.54 Å². The van der Waals surface area contributed by atoms with Gasteiger partial charge >= 0.3 is 0 Å². The van der Waals surface area contributed by atoms with Crippen molar-refractivity contribution >= 4 is 11.6 Å². The lowest BCUT2D eigenvalue weighted by atomic mass is 10.1. The van der Waals surface area contributed by atoms with E-state index in [4.69, 9.17) is 9.47 Å². The third-order valence-electron chi connectivity index (χ3n) is 5.48. The van der Waals surface area contributed by atoms with Gasteiger partial charge in [-0.05, 0) is 25.1 Å². The van der Waals surface area contributed by atoms with Gasteiger partial charge in [0.2, 0.25) is 0 Å². The van der Waals surface area contributed by atoms with Gasteiger partial charge < -0.3 is 24.6 Å². The van der Waals surface area contributed by atoms with Gasteiger partial charge in [-0.1, -0.05) is 30.3 Å². The Morgan fingerprint density at radius 3 is 2.32 bits per heavy atom. The number of carbonyl (C=O) groups excluding carboxylic acids is 1. The lowest BCUT2D eigenvalue weighted by molar-refractivity contribution is -0.914. The molecule has 0 bridgehead atoms. The Morgan fingerprint density at radius 2 is 1.64 bits per heavy atom. The quantitative estimate of drug-likeness (QED) is 0.751. The Balaban J connectivity index is 1.53. The van der Waals surface area contributed by atoms with E-state index in [1.807, 2.05) is 49.4 Å². The third kappa shape index (κ3) is 4.57. The molecule has 1 fully saturated rings. The molecule has 1 atom stereocenters. The fraction of sp³-hybridized carbons (Fsp3) is 0.409. The first-order chi connectivity index (χ1) is 13.6. The molecule has 150 valence electrons. The number of piperazine rings is 1. The highest BCUT2D eigenvalue weighted by Crippen LogP contribution is 2.27. The van der Waals surface area contributed by atoms with Crippen LogP contribution in [0, 0.1) is 0 Å². The maximum atomic E-state index is 12.7. The van der Waals surface area contributed by atoms with Crippen LogP contribution in [-0.2, 0) is 11.3 Å². The minimum Gasteiger partial charge on any atom is -0.496 e. The van der Waals surface area contributed by atoms with Crippen molar-refractivity contribution in [3.63, 3.8) is 0 Å². The highest BCUT2D eigenvalue weighted by atomic mass is 16.5. The molecular weight excluding hydrogens is 354 g/mol. The molecule has 28 heavy (non-hydrogen) atoms. The standard InChI is InChI=1S/C22H29N3O3/c1-17(22(26)23-16-18-8-4-6-10-20(18)27-2)24-12-14-25(15-13-24)19-9-5-7-11-21(19)28-3/h4-11,17H,12-16H2,1-3H3,(H,23,26)/p+1/t17-/m1/s1. The topological polar surface area (TPSA) is 55.2 Å². The molecule has 6 heteroatoms. The fourth-order valence-corrected chi connectivity index (χ4v) is 3.73. The summed E-state index contributed by atoms with van der Waals surface area (Å²) in [6.07, 6.45) is 0. The van der Waals surface area contributed by atoms with Crippen LogP contribution in [0.4, 0.5) is 5.69 Å². The molecule has 0 saturated carbocycles. The molecule has 2 N–H and O–H groups in total. The summed E-state index contributed by atoms with van der Waals surface area (Å²) in [6.45, 7) is 6.13. The fourth-order valence-electron chi connectivity index (χ4n) is 3.73. The zero-order chi connectivity index (χ0) is 19.9. The molecule has 6 nitrogen and oxygen atoms in total. The lowest BCUT2D eigenvalue weighted by Gasteiger charge is -2.36. The predicted molar refractivity (Wildman–Crippen MR) is 110 cm³/mol. The molecule has 2 aromatic carbocycles. The van der Waals surface area contributed by atoms with Gasteiger partial charge in [0.05, 0.1) is 46.1 Å². The first-order valence-corrected chi connectivity index (χ1v) is 9.76. The highest BCUT2D eigenvalue weighted by Gasteiger charge is 2.29. The lowest BCUT2D eigenvalue weighted by Crippen LogP contribution is -3.19. The maximum absolute atomic E-state index is 12.7. The van der Waals surface area contributed by atoms with E-state index in [1.165, 1.54) is 4.90 Å². The molecule has 0 aliphatic carbocycles. The summed E-state index contributed by atoms with van der Waals surface area (Å²) in [5.41, 5.74) is 2.11. The molecule has 1 heterocycles. The molecule has 1 amide bonds. The Bertz CT molecular complexity index is 788. The summed E-state index contributed by atoms with van der Waals surface area (Å²) < 4.78 is 10.8. The zero-order valence-corrected chi connectivity index (χ0v) is 16.9. The second-order valence-electron chi connectivity index (χ2n) is 7.07. The van der Waals surface area contributed by atoms with E-state index >= 15 is 0 Å². The molecule has 0 aromatic heterocycles. The number of quaternary nitrogens is 1. The third-order valence-corrected chi connectivity index (χ3v) is 5.48. The summed E-state index contributed by atoms with van der Waals surface area (Å²) in [7, 11) is 3.35. The number of hydrogen-bond acceptors (Lipinski definition) is 4. The minimum absolute atomic E-state index is 0.0756. The van der Waals surface area contributed by atoms with Crippen molar-refractivity contribution in [2.45, 2.75) is 19.5 Å². The van der Waals surface area contributed by atoms with Gasteiger partial charge in [0.25, 0.3) is 5.91 Å². The number of rotatable bonds is 7. The first kappa shape index (κ1) is 20.0. The number of ether oxygens (including phenoxy) is 2. The number of para-hydroxylation sites is 3. The highest BCUT2D eigenvalue weighted by molar-refractivity contribution is 5.80. The van der Waals surface area contributed by atoms with Crippen LogP contribution < -0.4 is 24.6 Å². The smallest absolute Gasteiger partial charge is 0.278 e. The molecule has 1 aliphatic rings. The molecule has 1 saturated heterocycles. The number of anilines is 1. The van der Waals surface area contributed by atoms with Gasteiger partial charge in [-0.2, -0.15) is 0 Å². The largest absolute Gasteiger partial charge is 0.496 e. The molecule has 0 unspecified atom stereocenters. The summed E-state index contributed by atoms with van der Waals surface area (Å²) in [6, 6.07) is 15.8. The first-order valence-electron chi connectivity index (χ1n) is 9.76. The van der Waals surface area contributed by atoms with Crippen molar-refractivity contribution in [3.8, 4) is 11.5 Å². The van der Waals surface area contributed by atoms with E-state index < -0.39 is 0 Å². The summed E-state index contributed by atoms with van der Waals surface area (Å²) in [5, 5.41) is 3.06. The van der Waals surface area contributed by atoms with Crippen LogP contribution in [0.25, 0.3) is 0 Å². The van der Waals surface area contributed by atoms with Gasteiger partial charge in [-0.25, -0.2) is 0 Å². The van der Waals surface area contributed by atoms with Crippen LogP contribution in [-0.4, -0.2) is 52.3 Å². The SMILES string of the molecule is COc1ccccc1CNC(=O)[C@@H](C)[NH+]1CCN(c2ccccc2OC)CC1. The van der Waals surface area contributed by atoms with Gasteiger partial charge in [0, 0.05) is 12.1 Å². The van der Waals surface area contributed by atoms with Crippen LogP contribution in [0.2, 0.25) is 0 Å². The predicted octanol–water partition coefficient (Wildman–Crippen LogP) is 1.11. The van der Waals surface area contributed by atoms with Crippen LogP contribution in [0.5, 0.6) is 11.5 Å². The Morgan fingerprint density at radius 1 is 1.04 bits per heavy atom. The van der Waals surface area contributed by atoms with E-state index in [0.717, 1.165) is 48.9 Å². The maximum Gasteiger partial charge on any atom is 0.278 e. The van der Waals surface area contributed by atoms with Crippen LogP contribution >= 0.6 is 0 Å². The van der Waals surface area contributed by atoms with E-state index in [2.05, 4.69) is 16.3 Å². The molecule has 0 radical (unpaired) electrons. The van der Waals surface area contributed by atoms with Gasteiger partial charge in [-0.15, -0.1) is 0 Å². The van der Waals surface area contributed by atoms with E-state index in [1.54, 1.807) is 14.2 Å². The Kier molecular flexibility index (Phi) is 6.76. The number of amides is 1. The van der Waals surface area contributed by atoms with Crippen molar-refractivity contribution in [1.29, 1.82) is 0 Å². The van der Waals surface area contributed by atoms with Crippen molar-refractivity contribution in [2.24, 2.45) is 0 Å². The number of hydrogen-bond donors (Lipinski definition) is 2. The monoisotopic (exact) mass is 384 g/mol. The number of methoxy groups -OCH3 is 2. The van der Waals surface area contributed by atoms with Crippen LogP contribution in [0.1, 0.15) is 12.5 Å². The van der Waals surface area contributed by atoms with Crippen molar-refractivity contribution in [3.05, 3.63) is 54.1 Å². The number of nitrogens with one attached hydrogen (secondary N) is 2. The number of carbonyl (C=O) groups is 1. The van der Waals surface area contributed by atoms with Crippen LogP contribution in [0.15, 0.2) is 48.5 Å². The number of benzene rings is 2. The zero-order valence-electron chi connectivity index (χ0n) is 16.9. The Labute approximate surface area is 167 Å². The van der Waals surface area contributed by atoms with E-state index in [-0.39, 0.29) is 11.9 Å². The second kappa shape index (κ2) is 9.46. The van der Waals surface area contributed by atoms with Gasteiger partial charge in [0.1, 0.15) is 11.5 Å². The average molecular weight is 385 g/mol. The minimum atomic E-state index is -0.0884. The molecule has 3 rings (SSSR count). The molecule has 2 aromatic rings. The van der Waals surface area contributed by atoms with Crippen molar-refractivity contribution < 1.29 is 19.2 Å². The van der Waals surface area contributed by atoms with E-state index in [9.17, 15) is 4.79 Å². The van der Waals surface area contributed by atoms with Gasteiger partial charge in [-0.3, -0.25) is 4.79 Å². The summed E-state index contributed by atoms with van der Waals surface area (Å²) in [4.78, 5) is 16.3. The second-order valence-corrected chi connectivity index (χ2v) is 7.07. The summed E-state index contributed by atoms with van der Waals surface area (Å²) >= 11 is 0. The Hall–Kier alpha value is -2.73. The average Bonchev–Trinajstić information content (AvgIpc) is 2.77. The van der Waals surface area contributed by atoms with Crippen molar-refractivity contribution in [1.82, 2.24) is 5.32 Å². The number of nitrogens with zero attached hydrogens (tertiary/aromatic N) is 1. The van der Waals surface area contributed by atoms with Crippen LogP contribution in [0.3, 0.4) is 0 Å². The molecule has 0 spiro atoms. The molecular formula is C22H30N3O3+. The normalized spacial score (nSPS) is 15.8. The molecule has 1 aliphatic heterocycles. The van der Waals surface area contributed by atoms with Gasteiger partial charge in [0.15, 0.2) is 6.04 Å².